The van der Waals surface area contributed by atoms with Crippen molar-refractivity contribution in [3.8, 4) is 11.5 Å². The molecular formula is C38H56N2Na14O68S16+14. The molecule has 722 valence electrons. The second-order valence-corrected chi connectivity index (χ2v) is 41.8. The molecule has 6 rings (SSSR count). The van der Waals surface area contributed by atoms with Crippen molar-refractivity contribution in [2.45, 2.75) is 123 Å². The van der Waals surface area contributed by atoms with Gasteiger partial charge in [-0.25, -0.2) is 75.4 Å². The van der Waals surface area contributed by atoms with Crippen molar-refractivity contribution in [3.05, 3.63) is 48.5 Å². The van der Waals surface area contributed by atoms with Crippen LogP contribution in [0.4, 0.5) is 11.4 Å². The summed E-state index contributed by atoms with van der Waals surface area (Å²) in [4.78, 5) is 0. The maximum atomic E-state index is 13.4. The van der Waals surface area contributed by atoms with E-state index in [-0.39, 0.29) is 414 Å². The van der Waals surface area contributed by atoms with Gasteiger partial charge in [-0.2, -0.15) is 118 Å². The predicted octanol–water partition coefficient (Wildman–Crippen LogP) is -52.5. The van der Waals surface area contributed by atoms with Gasteiger partial charge < -0.3 is 37.9 Å². The van der Waals surface area contributed by atoms with E-state index in [0.29, 0.717) is 48.5 Å². The maximum Gasteiger partial charge on any atom is 1.00 e. The molecule has 0 spiro atoms. The van der Waals surface area contributed by atoms with E-state index in [4.69, 9.17) is 37.9 Å². The minimum Gasteiger partial charge on any atom is -0.462 e. The third-order valence-electron chi connectivity index (χ3n) is 14.2. The molecule has 0 aromatic heterocycles. The van der Waals surface area contributed by atoms with Crippen LogP contribution in [0, 0.1) is 0 Å². The van der Waals surface area contributed by atoms with Gasteiger partial charge in [0, 0.05) is 11.4 Å². The van der Waals surface area contributed by atoms with Crippen LogP contribution in [0.1, 0.15) is 0 Å². The Hall–Kier alpha value is 9.48. The molecule has 0 saturated carbocycles. The molecule has 138 heavy (non-hydrogen) atoms. The van der Waals surface area contributed by atoms with Gasteiger partial charge >= 0.3 is 559 Å². The van der Waals surface area contributed by atoms with Gasteiger partial charge in [-0.05, 0) is 48.5 Å². The first-order chi connectivity index (χ1) is 55.5. The molecule has 2 aromatic carbocycles. The Labute approximate surface area is 1090 Å². The van der Waals surface area contributed by atoms with Crippen LogP contribution in [-0.2, 0) is 253 Å². The summed E-state index contributed by atoms with van der Waals surface area (Å²) in [5.41, 5.74) is -1.30. The number of hydrogen-bond donors (Lipinski definition) is 16. The average molecular weight is 2460 g/mol. The van der Waals surface area contributed by atoms with Crippen molar-refractivity contribution in [1.82, 2.24) is 0 Å². The van der Waals surface area contributed by atoms with Gasteiger partial charge in [0.2, 0.25) is 32.6 Å². The Bertz CT molecular complexity index is 5780. The summed E-state index contributed by atoms with van der Waals surface area (Å²) in [6.45, 7) is -8.02. The predicted molar refractivity (Wildman–Crippen MR) is 368 cm³/mol. The van der Waals surface area contributed by atoms with Crippen LogP contribution in [-0.4, -0.2) is 359 Å². The minimum absolute atomic E-state index is 0. The van der Waals surface area contributed by atoms with Crippen LogP contribution in [0.3, 0.4) is 0 Å². The summed E-state index contributed by atoms with van der Waals surface area (Å²) in [6, 6.07) is 4.98. The van der Waals surface area contributed by atoms with E-state index >= 15 is 0 Å². The normalized spacial score (nSPS) is 25.8. The SMILES string of the molecule is O=S(=O)(CCS(=O)(=O)Nc1ccc(O[C@@H]2O[C@H](COS(=O)(=O)O)[C@@H](O[C@@H]3O[C@H](COS(=O)(=O)O)[C@@H](OS(=O)(=O)O)[C@H](OS(=O)(=O)O)[C@H]3OS(=O)(=O)O)[C@H](OS(=O)(=O)O)[C@H]2OS(=O)(=O)O)cc1)Nc1ccc(O[C@@H]2O[C@H](COS(=O)(=O)O)[C@@H](O[C@@H]3O[C@H](COS(=O)(=O)O)[C@@H](OS(=O)(=O)O)[C@H](OS(=O)(=O)O)[C@H]3OS(=O)(=O)O)[C@H](OS(=O)(=O)O)[C@H]2OS(=O)(=O)O)cc1.[Na+].[Na+].[Na+].[Na+].[Na+].[Na+].[Na+].[Na+].[Na+].[Na+].[Na+].[Na+].[Na+].[Na+]. The zero-order valence-electron chi connectivity index (χ0n) is 72.2. The van der Waals surface area contributed by atoms with Crippen LogP contribution < -0.4 is 433 Å². The van der Waals surface area contributed by atoms with Gasteiger partial charge in [0.15, 0.2) is 37.0 Å². The Morgan fingerprint density at radius 3 is 0.558 bits per heavy atom. The number of benzene rings is 2. The first kappa shape index (κ1) is 165. The van der Waals surface area contributed by atoms with Crippen molar-refractivity contribution in [2.75, 3.05) is 47.4 Å². The quantitative estimate of drug-likeness (QED) is 0.0216. The second kappa shape index (κ2) is 66.8. The molecule has 20 atom stereocenters. The van der Waals surface area contributed by atoms with Crippen LogP contribution in [0.25, 0.3) is 0 Å². The van der Waals surface area contributed by atoms with E-state index in [1.807, 2.05) is 9.44 Å². The first-order valence-corrected chi connectivity index (χ1v) is 52.5. The van der Waals surface area contributed by atoms with Gasteiger partial charge in [0.1, 0.15) is 84.7 Å². The van der Waals surface area contributed by atoms with Crippen molar-refractivity contribution in [3.63, 3.8) is 0 Å². The number of ether oxygens (including phenoxy) is 8. The molecule has 16 N–H and O–H groups in total. The molecule has 100 heteroatoms. The van der Waals surface area contributed by atoms with Gasteiger partial charge in [-0.3, -0.25) is 73.2 Å². The minimum atomic E-state index is -6.37. The molecule has 0 aliphatic carbocycles. The number of hydrogen-bond acceptors (Lipinski definition) is 54. The van der Waals surface area contributed by atoms with E-state index in [1.165, 1.54) is 0 Å². The zero-order chi connectivity index (χ0) is 94.7. The van der Waals surface area contributed by atoms with Gasteiger partial charge in [0.25, 0.3) is 0 Å². The summed E-state index contributed by atoms with van der Waals surface area (Å²) < 4.78 is 634. The monoisotopic (exact) mass is 2460 g/mol. The van der Waals surface area contributed by atoms with E-state index in [2.05, 4.69) is 58.6 Å². The summed E-state index contributed by atoms with van der Waals surface area (Å²) in [7, 11) is -96.6. The third kappa shape index (κ3) is 64.8. The van der Waals surface area contributed by atoms with Crippen LogP contribution >= 0.6 is 0 Å². The molecule has 70 nitrogen and oxygen atoms in total. The van der Waals surface area contributed by atoms with Crippen LogP contribution in [0.15, 0.2) is 48.5 Å². The summed E-state index contributed by atoms with van der Waals surface area (Å²) in [6.07, 6.45) is -64.9. The van der Waals surface area contributed by atoms with Crippen molar-refractivity contribution >= 4 is 177 Å². The average Bonchev–Trinajstić information content (AvgIpc) is 0.756. The second-order valence-electron chi connectivity index (χ2n) is 23.2. The van der Waals surface area contributed by atoms with Crippen molar-refractivity contribution < 1.29 is 709 Å². The largest absolute Gasteiger partial charge is 1.00 e. The number of nitrogens with one attached hydrogen (secondary N) is 2. The van der Waals surface area contributed by atoms with Crippen molar-refractivity contribution in [1.29, 1.82) is 0 Å². The summed E-state index contributed by atoms with van der Waals surface area (Å²) in [5.74, 6) is -4.72. The molecule has 0 amide bonds. The van der Waals surface area contributed by atoms with E-state index in [9.17, 15) is 198 Å². The molecule has 0 unspecified atom stereocenters. The van der Waals surface area contributed by atoms with Crippen LogP contribution in [0.2, 0.25) is 0 Å². The maximum absolute atomic E-state index is 13.4. The molecule has 4 fully saturated rings. The molecule has 2 aromatic rings. The van der Waals surface area contributed by atoms with Gasteiger partial charge in [-0.1, -0.05) is 0 Å². The molecule has 4 aliphatic rings. The fourth-order valence-corrected chi connectivity index (χ4v) is 19.5. The molecule has 0 radical (unpaired) electrons. The molecule has 4 heterocycles. The molecule has 0 bridgehead atoms. The topological polar surface area (TPSA) is 1060 Å². The standard InChI is InChI=1S/C38H56N2O68S16.14Na/c41-109(42,39-15-1-5-17(6-2-15)91-35-31(105-121(75,76)77)27(101-117(63,64)65)23(19(93-35)11-87-111(45,46)47)97-37-33(107-123(81,82)83)29(103-119(69,70)71)25(99-115(57,58)59)21(95-37)13-89-113(51,52)53)9-10-110(43,44)40-16-3-7-18(8-4-16)92-36-32(106-122(78,79)80)28(102-118(66,67)68)24(20(94-36)12-88-112(48,49)50)98-38-34(108-124(84,85)86)30(104-120(72,73)74)26(100-116(60,61)62)22(96-38)14-90-114(54,55)56;;;;;;;;;;;;;;/h1-8,19-40H,9-14H2,(H,45,46,47)(H,48,49,50)(H,51,52,53)(H,54,55,56)(H,57,58,59)(H,60,61,62)(H,63,64,65)(H,66,67,68)(H,69,70,71)(H,72,73,74)(H,75,76,77)(H,78,79,80)(H,81,82,83)(H,84,85,86);;;;;;;;;;;;;;/q;14*+1/t19-,20-,21-,22-,23-,24-,25-,26-,27+,28+,29+,30+,31-,32-,33-,34-,35-,36-,37+,38+;;;;;;;;;;;;;;/m1............../s1. The van der Waals surface area contributed by atoms with E-state index < -0.39 is 349 Å². The summed E-state index contributed by atoms with van der Waals surface area (Å²) in [5, 5.41) is 0. The molecule has 4 saturated heterocycles. The van der Waals surface area contributed by atoms with E-state index in [1.54, 1.807) is 0 Å². The molecular weight excluding hydrogens is 2410 g/mol. The third-order valence-corrected chi connectivity index (χ3v) is 23.4. The van der Waals surface area contributed by atoms with Crippen molar-refractivity contribution in [2.24, 2.45) is 0 Å². The first-order valence-electron chi connectivity index (χ1n) is 30.0. The fraction of sp³-hybridized carbons (Fsp3) is 0.684. The van der Waals surface area contributed by atoms with Gasteiger partial charge in [-0.15, -0.1) is 0 Å². The zero-order valence-corrected chi connectivity index (χ0v) is 113. The Morgan fingerprint density at radius 2 is 0.370 bits per heavy atom. The molecule has 4 aliphatic heterocycles. The van der Waals surface area contributed by atoms with E-state index in [0.717, 1.165) is 0 Å². The van der Waals surface area contributed by atoms with Gasteiger partial charge in [0.05, 0.1) is 37.9 Å². The smallest absolute Gasteiger partial charge is 0.462 e. The number of sulfonamides is 2. The Morgan fingerprint density at radius 1 is 0.210 bits per heavy atom. The Balaban J connectivity index is -0.00000170. The number of rotatable bonds is 47. The summed E-state index contributed by atoms with van der Waals surface area (Å²) >= 11 is 0. The Kier molecular flexibility index (Phi) is 79.8. The number of anilines is 2. The van der Waals surface area contributed by atoms with Crippen LogP contribution in [0.5, 0.6) is 11.5 Å². The fourth-order valence-electron chi connectivity index (χ4n) is 10.3.